The van der Waals surface area contributed by atoms with E-state index >= 15 is 4.39 Å². The molecule has 1 saturated heterocycles. The summed E-state index contributed by atoms with van der Waals surface area (Å²) < 4.78 is 35.5. The Balaban J connectivity index is 1.83. The zero-order chi connectivity index (χ0) is 18.5. The van der Waals surface area contributed by atoms with Crippen LogP contribution in [-0.2, 0) is 0 Å². The van der Waals surface area contributed by atoms with Crippen LogP contribution in [-0.4, -0.2) is 49.3 Å². The molecule has 3 aliphatic rings. The van der Waals surface area contributed by atoms with Crippen molar-refractivity contribution < 1.29 is 18.6 Å². The number of hydrogen-bond donors (Lipinski definition) is 2. The van der Waals surface area contributed by atoms with Crippen LogP contribution in [0, 0.1) is 5.82 Å². The van der Waals surface area contributed by atoms with E-state index in [1.807, 2.05) is 11.8 Å². The first-order valence-corrected chi connectivity index (χ1v) is 9.25. The Morgan fingerprint density at radius 2 is 2.15 bits per heavy atom. The van der Waals surface area contributed by atoms with Gasteiger partial charge in [0.15, 0.2) is 11.6 Å². The normalized spacial score (nSPS) is 27.8. The van der Waals surface area contributed by atoms with E-state index in [0.717, 1.165) is 12.8 Å². The van der Waals surface area contributed by atoms with Gasteiger partial charge in [-0.05, 0) is 31.9 Å². The minimum absolute atomic E-state index is 0.0428. The average Bonchev–Trinajstić information content (AvgIpc) is 3.38. The van der Waals surface area contributed by atoms with Crippen molar-refractivity contribution in [2.24, 2.45) is 5.73 Å². The van der Waals surface area contributed by atoms with Gasteiger partial charge in [-0.25, -0.2) is 8.78 Å². The molecule has 4 rings (SSSR count). The van der Waals surface area contributed by atoms with Crippen LogP contribution in [0.4, 0.5) is 20.2 Å². The van der Waals surface area contributed by atoms with E-state index in [1.165, 1.54) is 6.07 Å². The minimum Gasteiger partial charge on any atom is -0.489 e. The van der Waals surface area contributed by atoms with E-state index in [0.29, 0.717) is 30.2 Å². The molecule has 0 aromatic heterocycles. The van der Waals surface area contributed by atoms with Crippen LogP contribution in [0.15, 0.2) is 12.1 Å². The third-order valence-corrected chi connectivity index (χ3v) is 5.42. The van der Waals surface area contributed by atoms with Crippen molar-refractivity contribution >= 4 is 17.5 Å². The van der Waals surface area contributed by atoms with Crippen LogP contribution in [0.3, 0.4) is 0 Å². The summed E-state index contributed by atoms with van der Waals surface area (Å²) in [7, 11) is 0. The summed E-state index contributed by atoms with van der Waals surface area (Å²) in [5.74, 6) is -0.0515. The molecule has 2 aliphatic heterocycles. The number of nitrogens with zero attached hydrogens (tertiary/aromatic N) is 2. The zero-order valence-electron chi connectivity index (χ0n) is 14.9. The quantitative estimate of drug-likeness (QED) is 0.839. The lowest BCUT2D eigenvalue weighted by molar-refractivity contribution is 0.203. The molecule has 1 aromatic carbocycles. The molecule has 5 nitrogen and oxygen atoms in total. The Labute approximate surface area is 152 Å². The molecule has 1 saturated carbocycles. The van der Waals surface area contributed by atoms with Gasteiger partial charge in [0.1, 0.15) is 17.6 Å². The topological polar surface area (TPSA) is 62.0 Å². The third kappa shape index (κ3) is 2.83. The van der Waals surface area contributed by atoms with Crippen LogP contribution >= 0.6 is 0 Å². The smallest absolute Gasteiger partial charge is 0.169 e. The number of fused-ring (bicyclic) bond motifs is 1. The lowest BCUT2D eigenvalue weighted by Crippen LogP contribution is -2.39. The summed E-state index contributed by atoms with van der Waals surface area (Å²) in [5, 5.41) is 10.5. The molecule has 0 spiro atoms. The first kappa shape index (κ1) is 17.5. The highest BCUT2D eigenvalue weighted by Crippen LogP contribution is 2.50. The van der Waals surface area contributed by atoms with Gasteiger partial charge in [-0.3, -0.25) is 0 Å². The van der Waals surface area contributed by atoms with Crippen molar-refractivity contribution in [2.75, 3.05) is 36.0 Å². The molecule has 3 N–H and O–H groups in total. The Morgan fingerprint density at radius 3 is 2.77 bits per heavy atom. The summed E-state index contributed by atoms with van der Waals surface area (Å²) in [5.41, 5.74) is 5.70. The van der Waals surface area contributed by atoms with Crippen LogP contribution in [0.25, 0.3) is 6.08 Å². The van der Waals surface area contributed by atoms with E-state index in [2.05, 4.69) is 0 Å². The van der Waals surface area contributed by atoms with Gasteiger partial charge in [0.05, 0.1) is 18.8 Å². The molecule has 1 aliphatic carbocycles. The molecule has 0 bridgehead atoms. The molecule has 1 aromatic rings. The molecule has 2 fully saturated rings. The highest BCUT2D eigenvalue weighted by Gasteiger charge is 2.42. The van der Waals surface area contributed by atoms with Crippen LogP contribution in [0.2, 0.25) is 0 Å². The number of nitrogens with two attached hydrogens (primary N) is 1. The summed E-state index contributed by atoms with van der Waals surface area (Å²) in [6.07, 6.45) is 4.83. The summed E-state index contributed by atoms with van der Waals surface area (Å²) >= 11 is 0. The second-order valence-corrected chi connectivity index (χ2v) is 7.34. The van der Waals surface area contributed by atoms with Gasteiger partial charge in [-0.1, -0.05) is 6.08 Å². The number of anilines is 2. The Kier molecular flexibility index (Phi) is 4.31. The second-order valence-electron chi connectivity index (χ2n) is 7.34. The molecule has 2 unspecified atom stereocenters. The Bertz CT molecular complexity index is 738. The number of halogens is 2. The molecule has 0 radical (unpaired) electrons. The maximum absolute atomic E-state index is 15.0. The highest BCUT2D eigenvalue weighted by atomic mass is 19.1. The first-order valence-electron chi connectivity index (χ1n) is 9.25. The minimum atomic E-state index is -1.51. The van der Waals surface area contributed by atoms with Gasteiger partial charge < -0.3 is 25.4 Å². The summed E-state index contributed by atoms with van der Waals surface area (Å²) in [4.78, 5) is 3.58. The molecule has 2 heterocycles. The van der Waals surface area contributed by atoms with Gasteiger partial charge >= 0.3 is 0 Å². The largest absolute Gasteiger partial charge is 0.489 e. The fraction of sp³-hybridized carbons (Fsp3) is 0.579. The predicted octanol–water partition coefficient (Wildman–Crippen LogP) is 2.42. The molecule has 26 heavy (non-hydrogen) atoms. The van der Waals surface area contributed by atoms with E-state index in [-0.39, 0.29) is 31.2 Å². The molecular weight excluding hydrogens is 340 g/mol. The van der Waals surface area contributed by atoms with Gasteiger partial charge in [-0.2, -0.15) is 0 Å². The van der Waals surface area contributed by atoms with Crippen LogP contribution < -0.4 is 20.3 Å². The molecule has 0 amide bonds. The van der Waals surface area contributed by atoms with Crippen molar-refractivity contribution in [2.45, 2.75) is 44.1 Å². The maximum Gasteiger partial charge on any atom is 0.169 e. The van der Waals surface area contributed by atoms with E-state index in [9.17, 15) is 9.50 Å². The fourth-order valence-corrected chi connectivity index (χ4v) is 3.95. The number of hydrogen-bond acceptors (Lipinski definition) is 5. The standard InChI is InChI=1S/C19H25F2N3O2/c1-2-26-18-16-12(3-6-15(25)24(16)13-4-5-13)9-14(20)17(18)23-8-7-19(21,10-22)11-23/h3,6,9,13,15,25H,2,4-5,7-8,10-11,22H2,1H3. The van der Waals surface area contributed by atoms with Crippen molar-refractivity contribution in [1.29, 1.82) is 0 Å². The number of alkyl halides is 1. The van der Waals surface area contributed by atoms with Crippen molar-refractivity contribution in [3.63, 3.8) is 0 Å². The monoisotopic (exact) mass is 365 g/mol. The van der Waals surface area contributed by atoms with Gasteiger partial charge in [0, 0.05) is 31.1 Å². The fourth-order valence-electron chi connectivity index (χ4n) is 3.95. The highest BCUT2D eigenvalue weighted by molar-refractivity contribution is 5.85. The zero-order valence-corrected chi connectivity index (χ0v) is 14.9. The Hall–Kier alpha value is -1.86. The SMILES string of the molecule is CCOc1c(N2CCC(F)(CN)C2)c(F)cc2c1N(C1CC1)C(O)C=C2. The third-order valence-electron chi connectivity index (χ3n) is 5.42. The average molecular weight is 365 g/mol. The van der Waals surface area contributed by atoms with Crippen molar-refractivity contribution in [1.82, 2.24) is 0 Å². The van der Waals surface area contributed by atoms with E-state index < -0.39 is 17.7 Å². The van der Waals surface area contributed by atoms with Crippen molar-refractivity contribution in [3.05, 3.63) is 23.5 Å². The number of aliphatic hydroxyl groups excluding tert-OH is 1. The lowest BCUT2D eigenvalue weighted by atomic mass is 10.0. The lowest BCUT2D eigenvalue weighted by Gasteiger charge is -2.36. The van der Waals surface area contributed by atoms with Crippen LogP contribution in [0.1, 0.15) is 31.7 Å². The number of rotatable bonds is 5. The summed E-state index contributed by atoms with van der Waals surface area (Å²) in [6, 6.07) is 1.67. The second kappa shape index (κ2) is 6.39. The Morgan fingerprint density at radius 1 is 1.38 bits per heavy atom. The molecular formula is C19H25F2N3O2. The molecule has 142 valence electrons. The van der Waals surface area contributed by atoms with Crippen LogP contribution in [0.5, 0.6) is 5.75 Å². The number of aliphatic hydroxyl groups is 1. The first-order chi connectivity index (χ1) is 12.5. The summed E-state index contributed by atoms with van der Waals surface area (Å²) in [6.45, 7) is 2.52. The predicted molar refractivity (Wildman–Crippen MR) is 97.8 cm³/mol. The van der Waals surface area contributed by atoms with Gasteiger partial charge in [0.2, 0.25) is 0 Å². The number of ether oxygens (including phenoxy) is 1. The van der Waals surface area contributed by atoms with E-state index in [1.54, 1.807) is 17.1 Å². The maximum atomic E-state index is 15.0. The van der Waals surface area contributed by atoms with E-state index in [4.69, 9.17) is 10.5 Å². The van der Waals surface area contributed by atoms with Gasteiger partial charge in [0.25, 0.3) is 0 Å². The molecule has 7 heteroatoms. The van der Waals surface area contributed by atoms with Crippen molar-refractivity contribution in [3.8, 4) is 5.75 Å². The van der Waals surface area contributed by atoms with Gasteiger partial charge in [-0.15, -0.1) is 0 Å². The molecule has 2 atom stereocenters. The number of benzene rings is 1.